The third-order valence-electron chi connectivity index (χ3n) is 4.11. The Morgan fingerprint density at radius 1 is 1.14 bits per heavy atom. The molecule has 3 rings (SSSR count). The smallest absolute Gasteiger partial charge is 0.263 e. The molecule has 0 amide bonds. The average molecular weight is 305 g/mol. The van der Waals surface area contributed by atoms with Gasteiger partial charge >= 0.3 is 0 Å². The molecule has 0 saturated carbocycles. The number of aryl methyl sites for hydroxylation is 3. The van der Waals surface area contributed by atoms with Crippen molar-refractivity contribution in [2.45, 2.75) is 44.4 Å². The van der Waals surface area contributed by atoms with Crippen LogP contribution in [-0.2, 0) is 22.9 Å². The fraction of sp³-hybridized carbons (Fsp3) is 0.400. The van der Waals surface area contributed by atoms with E-state index in [2.05, 4.69) is 14.9 Å². The summed E-state index contributed by atoms with van der Waals surface area (Å²) in [5.41, 5.74) is 4.10. The first kappa shape index (κ1) is 14.1. The van der Waals surface area contributed by atoms with Crippen LogP contribution >= 0.6 is 0 Å². The third kappa shape index (κ3) is 2.68. The van der Waals surface area contributed by atoms with Gasteiger partial charge in [-0.1, -0.05) is 6.07 Å². The number of nitrogens with one attached hydrogen (secondary N) is 2. The molecule has 112 valence electrons. The molecule has 1 aromatic carbocycles. The number of hydrogen-bond acceptors (Lipinski definition) is 3. The predicted molar refractivity (Wildman–Crippen MR) is 82.0 cm³/mol. The molecule has 21 heavy (non-hydrogen) atoms. The van der Waals surface area contributed by atoms with Crippen molar-refractivity contribution in [2.75, 3.05) is 4.72 Å². The normalized spacial score (nSPS) is 14.8. The number of aromatic amines is 1. The zero-order valence-corrected chi connectivity index (χ0v) is 13.0. The van der Waals surface area contributed by atoms with Crippen molar-refractivity contribution in [1.29, 1.82) is 0 Å². The van der Waals surface area contributed by atoms with E-state index >= 15 is 0 Å². The summed E-state index contributed by atoms with van der Waals surface area (Å²) in [6, 6.07) is 5.42. The number of rotatable bonds is 3. The van der Waals surface area contributed by atoms with E-state index in [1.54, 1.807) is 12.1 Å². The van der Waals surface area contributed by atoms with E-state index in [4.69, 9.17) is 0 Å². The first-order valence-corrected chi connectivity index (χ1v) is 8.62. The van der Waals surface area contributed by atoms with Crippen LogP contribution in [0.15, 0.2) is 23.1 Å². The Bertz CT molecular complexity index is 778. The van der Waals surface area contributed by atoms with Gasteiger partial charge in [0.2, 0.25) is 0 Å². The van der Waals surface area contributed by atoms with Gasteiger partial charge in [-0.15, -0.1) is 0 Å². The van der Waals surface area contributed by atoms with Gasteiger partial charge in [0.05, 0.1) is 4.90 Å². The number of anilines is 1. The number of aromatic nitrogens is 2. The molecule has 0 saturated heterocycles. The van der Waals surface area contributed by atoms with Gasteiger partial charge in [-0.2, -0.15) is 5.10 Å². The van der Waals surface area contributed by atoms with Crippen LogP contribution in [0.3, 0.4) is 0 Å². The predicted octanol–water partition coefficient (Wildman–Crippen LogP) is 2.71. The largest absolute Gasteiger partial charge is 0.280 e. The lowest BCUT2D eigenvalue weighted by Gasteiger charge is -2.16. The highest BCUT2D eigenvalue weighted by molar-refractivity contribution is 7.92. The summed E-state index contributed by atoms with van der Waals surface area (Å²) in [6.07, 6.45) is 4.31. The summed E-state index contributed by atoms with van der Waals surface area (Å²) < 4.78 is 27.5. The van der Waals surface area contributed by atoms with Crippen LogP contribution in [0.25, 0.3) is 0 Å². The second-order valence-corrected chi connectivity index (χ2v) is 7.25. The van der Waals surface area contributed by atoms with Crippen molar-refractivity contribution in [2.24, 2.45) is 0 Å². The first-order chi connectivity index (χ1) is 9.97. The minimum absolute atomic E-state index is 0.309. The monoisotopic (exact) mass is 305 g/mol. The van der Waals surface area contributed by atoms with Gasteiger partial charge in [-0.05, 0) is 62.8 Å². The van der Waals surface area contributed by atoms with E-state index in [0.29, 0.717) is 10.7 Å². The standard InChI is InChI=1S/C15H19N3O2S/c1-10-11(2)16-17-15(10)18-21(19,20)14-8-7-12-5-3-4-6-13(12)9-14/h7-9H,3-6H2,1-2H3,(H2,16,17,18). The molecule has 6 heteroatoms. The Labute approximate surface area is 124 Å². The lowest BCUT2D eigenvalue weighted by Crippen LogP contribution is -2.15. The first-order valence-electron chi connectivity index (χ1n) is 7.13. The maximum atomic E-state index is 12.5. The lowest BCUT2D eigenvalue weighted by molar-refractivity contribution is 0.600. The highest BCUT2D eigenvalue weighted by Crippen LogP contribution is 2.25. The van der Waals surface area contributed by atoms with E-state index < -0.39 is 10.0 Å². The molecule has 1 aliphatic rings. The van der Waals surface area contributed by atoms with Crippen molar-refractivity contribution in [1.82, 2.24) is 10.2 Å². The lowest BCUT2D eigenvalue weighted by atomic mass is 9.92. The molecule has 0 aliphatic heterocycles. The minimum Gasteiger partial charge on any atom is -0.280 e. The number of fused-ring (bicyclic) bond motifs is 1. The van der Waals surface area contributed by atoms with Crippen molar-refractivity contribution in [3.05, 3.63) is 40.6 Å². The van der Waals surface area contributed by atoms with Gasteiger partial charge in [0, 0.05) is 11.3 Å². The molecule has 1 aromatic heterocycles. The van der Waals surface area contributed by atoms with Crippen LogP contribution in [0.1, 0.15) is 35.2 Å². The van der Waals surface area contributed by atoms with Crippen molar-refractivity contribution < 1.29 is 8.42 Å². The second kappa shape index (κ2) is 5.18. The third-order valence-corrected chi connectivity index (χ3v) is 5.45. The van der Waals surface area contributed by atoms with Gasteiger partial charge in [0.15, 0.2) is 5.82 Å². The van der Waals surface area contributed by atoms with Crippen molar-refractivity contribution >= 4 is 15.8 Å². The maximum absolute atomic E-state index is 12.5. The molecule has 0 fully saturated rings. The number of sulfonamides is 1. The number of benzene rings is 1. The highest BCUT2D eigenvalue weighted by atomic mass is 32.2. The zero-order chi connectivity index (χ0) is 15.0. The topological polar surface area (TPSA) is 74.8 Å². The van der Waals surface area contributed by atoms with E-state index in [-0.39, 0.29) is 0 Å². The fourth-order valence-electron chi connectivity index (χ4n) is 2.65. The Hall–Kier alpha value is -1.82. The molecule has 1 aliphatic carbocycles. The van der Waals surface area contributed by atoms with Crippen LogP contribution in [0.2, 0.25) is 0 Å². The zero-order valence-electron chi connectivity index (χ0n) is 12.2. The Kier molecular flexibility index (Phi) is 3.49. The van der Waals surface area contributed by atoms with E-state index in [0.717, 1.165) is 36.1 Å². The molecule has 2 N–H and O–H groups in total. The summed E-state index contributed by atoms with van der Waals surface area (Å²) >= 11 is 0. The van der Waals surface area contributed by atoms with Gasteiger partial charge in [-0.25, -0.2) is 8.42 Å². The molecular formula is C15H19N3O2S. The molecule has 2 aromatic rings. The number of hydrogen-bond donors (Lipinski definition) is 2. The van der Waals surface area contributed by atoms with E-state index in [1.165, 1.54) is 12.0 Å². The minimum atomic E-state index is -3.59. The van der Waals surface area contributed by atoms with Crippen molar-refractivity contribution in [3.63, 3.8) is 0 Å². The average Bonchev–Trinajstić information content (AvgIpc) is 2.78. The van der Waals surface area contributed by atoms with Gasteiger partial charge in [0.25, 0.3) is 10.0 Å². The second-order valence-electron chi connectivity index (χ2n) is 5.57. The molecule has 1 heterocycles. The Balaban J connectivity index is 1.93. The van der Waals surface area contributed by atoms with Crippen molar-refractivity contribution in [3.8, 4) is 0 Å². The maximum Gasteiger partial charge on any atom is 0.263 e. The summed E-state index contributed by atoms with van der Waals surface area (Å²) in [6.45, 7) is 3.70. The van der Waals surface area contributed by atoms with E-state index in [9.17, 15) is 8.42 Å². The molecule has 0 bridgehead atoms. The van der Waals surface area contributed by atoms with Crippen LogP contribution in [0.4, 0.5) is 5.82 Å². The molecule has 0 radical (unpaired) electrons. The molecule has 5 nitrogen and oxygen atoms in total. The summed E-state index contributed by atoms with van der Waals surface area (Å²) in [5, 5.41) is 6.78. The Morgan fingerprint density at radius 3 is 2.52 bits per heavy atom. The van der Waals surface area contributed by atoms with Gasteiger partial charge < -0.3 is 0 Å². The fourth-order valence-corrected chi connectivity index (χ4v) is 3.76. The number of nitrogens with zero attached hydrogens (tertiary/aromatic N) is 1. The summed E-state index contributed by atoms with van der Waals surface area (Å²) in [7, 11) is -3.59. The SMILES string of the molecule is Cc1[nH]nc(NS(=O)(=O)c2ccc3c(c2)CCCC3)c1C. The van der Waals surface area contributed by atoms with Crippen LogP contribution in [0, 0.1) is 13.8 Å². The summed E-state index contributed by atoms with van der Waals surface area (Å²) in [4.78, 5) is 0.309. The highest BCUT2D eigenvalue weighted by Gasteiger charge is 2.20. The van der Waals surface area contributed by atoms with E-state index in [1.807, 2.05) is 19.9 Å². The number of H-pyrrole nitrogens is 1. The molecule has 0 unspecified atom stereocenters. The van der Waals surface area contributed by atoms with Gasteiger partial charge in [-0.3, -0.25) is 9.82 Å². The molecular weight excluding hydrogens is 286 g/mol. The quantitative estimate of drug-likeness (QED) is 0.915. The van der Waals surface area contributed by atoms with Crippen LogP contribution in [0.5, 0.6) is 0 Å². The Morgan fingerprint density at radius 2 is 1.86 bits per heavy atom. The molecule has 0 spiro atoms. The molecule has 0 atom stereocenters. The summed E-state index contributed by atoms with van der Waals surface area (Å²) in [5.74, 6) is 0.366. The van der Waals surface area contributed by atoms with Gasteiger partial charge in [0.1, 0.15) is 0 Å². The van der Waals surface area contributed by atoms with Crippen LogP contribution in [-0.4, -0.2) is 18.6 Å². The van der Waals surface area contributed by atoms with Crippen LogP contribution < -0.4 is 4.72 Å².